The van der Waals surface area contributed by atoms with Gasteiger partial charge in [0.05, 0.1) is 5.56 Å². The fraction of sp³-hybridized carbons (Fsp3) is 0.538. The van der Waals surface area contributed by atoms with E-state index in [9.17, 15) is 18.0 Å². The van der Waals surface area contributed by atoms with Crippen LogP contribution in [-0.2, 0) is 0 Å². The molecule has 0 saturated carbocycles. The van der Waals surface area contributed by atoms with Gasteiger partial charge in [0.25, 0.3) is 5.91 Å². The van der Waals surface area contributed by atoms with Gasteiger partial charge in [-0.15, -0.1) is 0 Å². The van der Waals surface area contributed by atoms with Crippen molar-refractivity contribution in [3.63, 3.8) is 0 Å². The zero-order chi connectivity index (χ0) is 15.3. The molecule has 0 radical (unpaired) electrons. The van der Waals surface area contributed by atoms with Gasteiger partial charge in [0, 0.05) is 24.8 Å². The van der Waals surface area contributed by atoms with E-state index in [4.69, 9.17) is 0 Å². The number of rotatable bonds is 5. The van der Waals surface area contributed by atoms with Gasteiger partial charge in [-0.2, -0.15) is 13.2 Å². The lowest BCUT2D eigenvalue weighted by Gasteiger charge is -2.12. The molecule has 1 aromatic heterocycles. The van der Waals surface area contributed by atoms with Crippen LogP contribution in [0.25, 0.3) is 0 Å². The first-order valence-electron chi connectivity index (χ1n) is 6.61. The number of nitrogens with one attached hydrogen (secondary N) is 2. The minimum absolute atomic E-state index is 0.165. The van der Waals surface area contributed by atoms with Crippen molar-refractivity contribution in [3.05, 3.63) is 23.9 Å². The number of hydrogen-bond acceptors (Lipinski definition) is 4. The number of alkyl halides is 3. The molecule has 1 atom stereocenters. The lowest BCUT2D eigenvalue weighted by molar-refractivity contribution is -0.154. The molecule has 1 aliphatic heterocycles. The lowest BCUT2D eigenvalue weighted by Crippen LogP contribution is -2.37. The number of amides is 1. The maximum absolute atomic E-state index is 12.0. The summed E-state index contributed by atoms with van der Waals surface area (Å²) in [6.45, 7) is 0.0669. The van der Waals surface area contributed by atoms with Gasteiger partial charge < -0.3 is 15.4 Å². The highest BCUT2D eigenvalue weighted by Gasteiger charge is 2.28. The maximum Gasteiger partial charge on any atom is 0.422 e. The second-order valence-corrected chi connectivity index (χ2v) is 4.79. The maximum atomic E-state index is 12.0. The topological polar surface area (TPSA) is 63.2 Å². The Bertz CT molecular complexity index is 471. The summed E-state index contributed by atoms with van der Waals surface area (Å²) in [6.07, 6.45) is -1.11. The van der Waals surface area contributed by atoms with Crippen LogP contribution in [0.1, 0.15) is 23.2 Å². The first kappa shape index (κ1) is 15.6. The van der Waals surface area contributed by atoms with Gasteiger partial charge >= 0.3 is 6.18 Å². The van der Waals surface area contributed by atoms with Crippen LogP contribution in [0.5, 0.6) is 5.88 Å². The largest absolute Gasteiger partial charge is 0.468 e. The zero-order valence-corrected chi connectivity index (χ0v) is 11.2. The predicted molar refractivity (Wildman–Crippen MR) is 69.1 cm³/mol. The van der Waals surface area contributed by atoms with Gasteiger partial charge in [0.15, 0.2) is 6.61 Å². The highest BCUT2D eigenvalue weighted by atomic mass is 19.4. The van der Waals surface area contributed by atoms with Crippen LogP contribution in [0.2, 0.25) is 0 Å². The Kier molecular flexibility index (Phi) is 5.00. The van der Waals surface area contributed by atoms with Gasteiger partial charge in [-0.1, -0.05) is 0 Å². The quantitative estimate of drug-likeness (QED) is 0.865. The molecule has 0 bridgehead atoms. The number of halogens is 3. The molecule has 1 unspecified atom stereocenters. The molecule has 0 aliphatic carbocycles. The number of ether oxygens (including phenoxy) is 1. The summed E-state index contributed by atoms with van der Waals surface area (Å²) in [5.74, 6) is -0.472. The fourth-order valence-corrected chi connectivity index (χ4v) is 2.00. The van der Waals surface area contributed by atoms with E-state index in [0.717, 1.165) is 19.4 Å². The molecule has 1 amide bonds. The molecule has 0 spiro atoms. The van der Waals surface area contributed by atoms with Crippen LogP contribution in [-0.4, -0.2) is 42.8 Å². The molecular formula is C13H16F3N3O2. The molecule has 21 heavy (non-hydrogen) atoms. The smallest absolute Gasteiger partial charge is 0.422 e. The molecule has 2 heterocycles. The number of pyridine rings is 1. The summed E-state index contributed by atoms with van der Waals surface area (Å²) in [7, 11) is 0. The lowest BCUT2D eigenvalue weighted by atomic mass is 10.2. The number of carbonyl (C=O) groups excluding carboxylic acids is 1. The van der Waals surface area contributed by atoms with Crippen LogP contribution in [0, 0.1) is 0 Å². The van der Waals surface area contributed by atoms with Crippen LogP contribution in [0.4, 0.5) is 13.2 Å². The van der Waals surface area contributed by atoms with Crippen molar-refractivity contribution in [1.82, 2.24) is 15.6 Å². The van der Waals surface area contributed by atoms with Crippen LogP contribution in [0.3, 0.4) is 0 Å². The van der Waals surface area contributed by atoms with E-state index in [1.165, 1.54) is 18.3 Å². The first-order chi connectivity index (χ1) is 9.94. The Labute approximate surface area is 119 Å². The van der Waals surface area contributed by atoms with Crippen molar-refractivity contribution in [2.24, 2.45) is 0 Å². The van der Waals surface area contributed by atoms with E-state index in [1.807, 2.05) is 0 Å². The molecule has 116 valence electrons. The third kappa shape index (κ3) is 5.22. The zero-order valence-electron chi connectivity index (χ0n) is 11.2. The van der Waals surface area contributed by atoms with E-state index in [-0.39, 0.29) is 23.4 Å². The summed E-state index contributed by atoms with van der Waals surface area (Å²) in [5, 5.41) is 6.00. The van der Waals surface area contributed by atoms with E-state index in [2.05, 4.69) is 20.4 Å². The summed E-state index contributed by atoms with van der Waals surface area (Å²) in [5.41, 5.74) is 0.285. The molecule has 1 saturated heterocycles. The van der Waals surface area contributed by atoms with Gasteiger partial charge in [-0.25, -0.2) is 4.98 Å². The summed E-state index contributed by atoms with van der Waals surface area (Å²) < 4.78 is 40.4. The minimum atomic E-state index is -4.41. The Morgan fingerprint density at radius 1 is 1.48 bits per heavy atom. The number of hydrogen-bond donors (Lipinski definition) is 2. The van der Waals surface area contributed by atoms with Crippen molar-refractivity contribution in [2.75, 3.05) is 19.7 Å². The summed E-state index contributed by atoms with van der Waals surface area (Å²) in [6, 6.07) is 2.90. The second kappa shape index (κ2) is 6.75. The Balaban J connectivity index is 1.81. The molecule has 8 heteroatoms. The minimum Gasteiger partial charge on any atom is -0.468 e. The van der Waals surface area contributed by atoms with Crippen LogP contribution < -0.4 is 15.4 Å². The monoisotopic (exact) mass is 303 g/mol. The molecule has 2 N–H and O–H groups in total. The van der Waals surface area contributed by atoms with E-state index < -0.39 is 12.8 Å². The van der Waals surface area contributed by atoms with Crippen LogP contribution >= 0.6 is 0 Å². The van der Waals surface area contributed by atoms with Crippen molar-refractivity contribution in [2.45, 2.75) is 25.1 Å². The summed E-state index contributed by atoms with van der Waals surface area (Å²) in [4.78, 5) is 15.5. The number of nitrogens with zero attached hydrogens (tertiary/aromatic N) is 1. The normalized spacial score (nSPS) is 18.5. The SMILES string of the molecule is O=C(NCC1CCCN1)c1ccc(OCC(F)(F)F)nc1. The number of carbonyl (C=O) groups is 1. The standard InChI is InChI=1S/C13H16F3N3O2/c14-13(15,16)8-21-11-4-3-9(6-18-11)12(20)19-7-10-2-1-5-17-10/h3-4,6,10,17H,1-2,5,7-8H2,(H,19,20). The molecule has 1 aliphatic rings. The molecule has 1 fully saturated rings. The summed E-state index contributed by atoms with van der Waals surface area (Å²) >= 11 is 0. The Morgan fingerprint density at radius 3 is 2.86 bits per heavy atom. The highest BCUT2D eigenvalue weighted by molar-refractivity contribution is 5.93. The Hall–Kier alpha value is -1.83. The Morgan fingerprint density at radius 2 is 2.29 bits per heavy atom. The second-order valence-electron chi connectivity index (χ2n) is 4.79. The molecule has 5 nitrogen and oxygen atoms in total. The van der Waals surface area contributed by atoms with Crippen molar-refractivity contribution in [3.8, 4) is 5.88 Å². The van der Waals surface area contributed by atoms with Gasteiger partial charge in [-0.3, -0.25) is 4.79 Å². The highest BCUT2D eigenvalue weighted by Crippen LogP contribution is 2.17. The molecule has 0 aromatic carbocycles. The molecule has 1 aromatic rings. The van der Waals surface area contributed by atoms with E-state index in [1.54, 1.807) is 0 Å². The average molecular weight is 303 g/mol. The van der Waals surface area contributed by atoms with Gasteiger partial charge in [-0.05, 0) is 25.5 Å². The number of aromatic nitrogens is 1. The third-order valence-electron chi connectivity index (χ3n) is 3.05. The van der Waals surface area contributed by atoms with Crippen molar-refractivity contribution >= 4 is 5.91 Å². The van der Waals surface area contributed by atoms with Crippen molar-refractivity contribution in [1.29, 1.82) is 0 Å². The average Bonchev–Trinajstić information content (AvgIpc) is 2.95. The predicted octanol–water partition coefficient (Wildman–Crippen LogP) is 1.50. The van der Waals surface area contributed by atoms with E-state index >= 15 is 0 Å². The third-order valence-corrected chi connectivity index (χ3v) is 3.05. The van der Waals surface area contributed by atoms with Crippen molar-refractivity contribution < 1.29 is 22.7 Å². The molecule has 2 rings (SSSR count). The fourth-order valence-electron chi connectivity index (χ4n) is 2.00. The first-order valence-corrected chi connectivity index (χ1v) is 6.61. The van der Waals surface area contributed by atoms with Crippen LogP contribution in [0.15, 0.2) is 18.3 Å². The molecular weight excluding hydrogens is 287 g/mol. The van der Waals surface area contributed by atoms with E-state index in [0.29, 0.717) is 6.54 Å². The van der Waals surface area contributed by atoms with Gasteiger partial charge in [0.1, 0.15) is 0 Å². The van der Waals surface area contributed by atoms with Gasteiger partial charge in [0.2, 0.25) is 5.88 Å².